The van der Waals surface area contributed by atoms with E-state index in [1.165, 1.54) is 6.08 Å². The molecular formula is C17H20BrNO5. The van der Waals surface area contributed by atoms with Crippen molar-refractivity contribution >= 4 is 39.9 Å². The molecule has 0 fully saturated rings. The molecule has 7 heteroatoms. The van der Waals surface area contributed by atoms with E-state index in [4.69, 9.17) is 9.47 Å². The summed E-state index contributed by atoms with van der Waals surface area (Å²) in [6, 6.07) is 4.18. The first-order valence-electron chi connectivity index (χ1n) is 7.47. The number of rotatable bonds is 7. The molecule has 1 N–H and O–H groups in total. The van der Waals surface area contributed by atoms with E-state index in [-0.39, 0.29) is 13.2 Å². The van der Waals surface area contributed by atoms with Gasteiger partial charge in [0.1, 0.15) is 0 Å². The van der Waals surface area contributed by atoms with Crippen molar-refractivity contribution in [2.45, 2.75) is 26.8 Å². The second-order valence-corrected chi connectivity index (χ2v) is 5.66. The zero-order chi connectivity index (χ0) is 18.1. The first-order valence-corrected chi connectivity index (χ1v) is 8.26. The van der Waals surface area contributed by atoms with E-state index in [0.29, 0.717) is 0 Å². The Morgan fingerprint density at radius 2 is 1.75 bits per heavy atom. The number of aryl methyl sites for hydroxylation is 1. The van der Waals surface area contributed by atoms with Crippen molar-refractivity contribution in [3.63, 3.8) is 0 Å². The fourth-order valence-corrected chi connectivity index (χ4v) is 2.41. The number of hydrogen-bond acceptors (Lipinski definition) is 5. The van der Waals surface area contributed by atoms with Crippen LogP contribution >= 0.6 is 15.9 Å². The quantitative estimate of drug-likeness (QED) is 0.433. The van der Waals surface area contributed by atoms with Gasteiger partial charge in [0.15, 0.2) is 0 Å². The largest absolute Gasteiger partial charge is 0.464 e. The second kappa shape index (κ2) is 9.87. The number of ether oxygens (including phenoxy) is 2. The van der Waals surface area contributed by atoms with Crippen molar-refractivity contribution in [3.8, 4) is 0 Å². The predicted molar refractivity (Wildman–Crippen MR) is 93.1 cm³/mol. The van der Waals surface area contributed by atoms with Crippen LogP contribution in [0.1, 0.15) is 25.0 Å². The van der Waals surface area contributed by atoms with E-state index in [0.717, 1.165) is 15.6 Å². The smallest absolute Gasteiger partial charge is 0.340 e. The van der Waals surface area contributed by atoms with E-state index in [1.807, 2.05) is 25.1 Å². The number of hydrogen-bond donors (Lipinski definition) is 1. The number of carbonyl (C=O) groups excluding carboxylic acids is 3. The topological polar surface area (TPSA) is 81.7 Å². The van der Waals surface area contributed by atoms with E-state index in [9.17, 15) is 14.4 Å². The van der Waals surface area contributed by atoms with Crippen LogP contribution in [0.3, 0.4) is 0 Å². The van der Waals surface area contributed by atoms with Crippen molar-refractivity contribution in [1.82, 2.24) is 5.32 Å². The lowest BCUT2D eigenvalue weighted by Crippen LogP contribution is -2.47. The van der Waals surface area contributed by atoms with Crippen LogP contribution in [-0.2, 0) is 23.9 Å². The Morgan fingerprint density at radius 3 is 2.25 bits per heavy atom. The third kappa shape index (κ3) is 6.16. The van der Waals surface area contributed by atoms with Crippen molar-refractivity contribution in [2.75, 3.05) is 13.2 Å². The van der Waals surface area contributed by atoms with E-state index >= 15 is 0 Å². The monoisotopic (exact) mass is 397 g/mol. The summed E-state index contributed by atoms with van der Waals surface area (Å²) in [4.78, 5) is 35.6. The molecule has 0 atom stereocenters. The molecule has 1 amide bonds. The Balaban J connectivity index is 2.81. The summed E-state index contributed by atoms with van der Waals surface area (Å²) < 4.78 is 10.4. The summed E-state index contributed by atoms with van der Waals surface area (Å²) in [5.74, 6) is -2.31. The van der Waals surface area contributed by atoms with Gasteiger partial charge in [-0.1, -0.05) is 28.1 Å². The minimum absolute atomic E-state index is 0.0940. The molecule has 130 valence electrons. The lowest BCUT2D eigenvalue weighted by atomic mass is 10.1. The average molecular weight is 398 g/mol. The highest BCUT2D eigenvalue weighted by molar-refractivity contribution is 9.10. The minimum Gasteiger partial charge on any atom is -0.464 e. The first kappa shape index (κ1) is 19.9. The summed E-state index contributed by atoms with van der Waals surface area (Å²) in [6.45, 7) is 5.36. The zero-order valence-corrected chi connectivity index (χ0v) is 15.4. The van der Waals surface area contributed by atoms with Gasteiger partial charge in [-0.3, -0.25) is 4.79 Å². The Labute approximate surface area is 149 Å². The molecule has 6 nitrogen and oxygen atoms in total. The fourth-order valence-electron chi connectivity index (χ4n) is 1.79. The standard InChI is InChI=1S/C17H20BrNO5/c1-4-23-16(21)15(17(22)24-5-2)19-14(20)9-8-12-7-6-11(3)10-13(12)18/h6-10,15H,4-5H2,1-3H3,(H,19,20)/b9-8+. The van der Waals surface area contributed by atoms with Crippen molar-refractivity contribution < 1.29 is 23.9 Å². The van der Waals surface area contributed by atoms with Crippen molar-refractivity contribution in [3.05, 3.63) is 39.9 Å². The van der Waals surface area contributed by atoms with Gasteiger partial charge in [0.05, 0.1) is 13.2 Å². The molecule has 1 rings (SSSR count). The average Bonchev–Trinajstić information content (AvgIpc) is 2.52. The molecule has 0 saturated carbocycles. The molecule has 0 aliphatic rings. The summed E-state index contributed by atoms with van der Waals surface area (Å²) in [7, 11) is 0. The molecule has 0 aliphatic heterocycles. The number of halogens is 1. The van der Waals surface area contributed by atoms with Crippen LogP contribution in [0, 0.1) is 6.92 Å². The highest BCUT2D eigenvalue weighted by Crippen LogP contribution is 2.19. The van der Waals surface area contributed by atoms with E-state index in [2.05, 4.69) is 21.2 Å². The first-order chi connectivity index (χ1) is 11.4. The van der Waals surface area contributed by atoms with Gasteiger partial charge in [0.25, 0.3) is 0 Å². The molecule has 0 heterocycles. The zero-order valence-electron chi connectivity index (χ0n) is 13.8. The highest BCUT2D eigenvalue weighted by atomic mass is 79.9. The molecule has 0 aliphatic carbocycles. The normalized spacial score (nSPS) is 10.7. The van der Waals surface area contributed by atoms with Crippen LogP contribution in [0.15, 0.2) is 28.7 Å². The van der Waals surface area contributed by atoms with Crippen LogP contribution in [0.25, 0.3) is 6.08 Å². The summed E-state index contributed by atoms with van der Waals surface area (Å²) in [5, 5.41) is 2.30. The molecule has 0 radical (unpaired) electrons. The predicted octanol–water partition coefficient (Wildman–Crippen LogP) is 2.38. The third-order valence-corrected chi connectivity index (χ3v) is 3.59. The van der Waals surface area contributed by atoms with Crippen LogP contribution in [0.5, 0.6) is 0 Å². The number of carbonyl (C=O) groups is 3. The second-order valence-electron chi connectivity index (χ2n) is 4.80. The lowest BCUT2D eigenvalue weighted by Gasteiger charge is -2.14. The van der Waals surface area contributed by atoms with E-state index < -0.39 is 23.9 Å². The Kier molecular flexibility index (Phi) is 8.18. The van der Waals surface area contributed by atoms with Gasteiger partial charge in [-0.2, -0.15) is 0 Å². The van der Waals surface area contributed by atoms with Crippen molar-refractivity contribution in [1.29, 1.82) is 0 Å². The summed E-state index contributed by atoms with van der Waals surface area (Å²) in [6.07, 6.45) is 2.81. The number of amides is 1. The van der Waals surface area contributed by atoms with Gasteiger partial charge in [-0.05, 0) is 44.0 Å². The van der Waals surface area contributed by atoms with Gasteiger partial charge in [0, 0.05) is 10.5 Å². The molecule has 0 unspecified atom stereocenters. The van der Waals surface area contributed by atoms with E-state index in [1.54, 1.807) is 19.9 Å². The van der Waals surface area contributed by atoms with Gasteiger partial charge in [0.2, 0.25) is 11.9 Å². The maximum absolute atomic E-state index is 12.0. The Morgan fingerprint density at radius 1 is 1.17 bits per heavy atom. The molecule has 0 bridgehead atoms. The maximum atomic E-state index is 12.0. The van der Waals surface area contributed by atoms with Gasteiger partial charge in [-0.25, -0.2) is 9.59 Å². The molecule has 1 aromatic carbocycles. The number of benzene rings is 1. The molecule has 0 aromatic heterocycles. The SMILES string of the molecule is CCOC(=O)C(NC(=O)/C=C/c1ccc(C)cc1Br)C(=O)OCC. The summed E-state index contributed by atoms with van der Waals surface area (Å²) in [5.41, 5.74) is 1.87. The molecule has 0 saturated heterocycles. The van der Waals surface area contributed by atoms with Crippen molar-refractivity contribution in [2.24, 2.45) is 0 Å². The van der Waals surface area contributed by atoms with Crippen LogP contribution < -0.4 is 5.32 Å². The Bertz CT molecular complexity index is 624. The van der Waals surface area contributed by atoms with Crippen LogP contribution in [0.2, 0.25) is 0 Å². The van der Waals surface area contributed by atoms with Gasteiger partial charge in [-0.15, -0.1) is 0 Å². The molecule has 1 aromatic rings. The Hall–Kier alpha value is -2.15. The van der Waals surface area contributed by atoms with Crippen LogP contribution in [0.4, 0.5) is 0 Å². The highest BCUT2D eigenvalue weighted by Gasteiger charge is 2.30. The molecule has 0 spiro atoms. The van der Waals surface area contributed by atoms with Crippen LogP contribution in [-0.4, -0.2) is 37.1 Å². The maximum Gasteiger partial charge on any atom is 0.340 e. The molecule has 24 heavy (non-hydrogen) atoms. The summed E-state index contributed by atoms with van der Waals surface area (Å²) >= 11 is 3.40. The third-order valence-electron chi connectivity index (χ3n) is 2.90. The molecular weight excluding hydrogens is 378 g/mol. The minimum atomic E-state index is -1.48. The number of nitrogens with one attached hydrogen (secondary N) is 1. The van der Waals surface area contributed by atoms with Gasteiger partial charge >= 0.3 is 11.9 Å². The van der Waals surface area contributed by atoms with Gasteiger partial charge < -0.3 is 14.8 Å². The number of esters is 2. The lowest BCUT2D eigenvalue weighted by molar-refractivity contribution is -0.159. The fraction of sp³-hybridized carbons (Fsp3) is 0.353.